The summed E-state index contributed by atoms with van der Waals surface area (Å²) in [4.78, 5) is 13.7. The molecule has 0 radical (unpaired) electrons. The lowest BCUT2D eigenvalue weighted by atomic mass is 9.96. The quantitative estimate of drug-likeness (QED) is 0.875. The third kappa shape index (κ3) is 3.38. The van der Waals surface area contributed by atoms with Gasteiger partial charge in [0.25, 0.3) is 0 Å². The number of carbonyl (C=O) groups is 1. The monoisotopic (exact) mass is 291 g/mol. The molecule has 0 aromatic heterocycles. The number of ether oxygens (including phenoxy) is 1. The van der Waals surface area contributed by atoms with E-state index in [0.29, 0.717) is 0 Å². The Balaban J connectivity index is 1.94. The van der Waals surface area contributed by atoms with Crippen LogP contribution < -0.4 is 4.74 Å². The van der Waals surface area contributed by atoms with Crippen LogP contribution in [0.15, 0.2) is 24.3 Å². The second-order valence-electron chi connectivity index (χ2n) is 6.11. The minimum absolute atomic E-state index is 0.274. The third-order valence-electron chi connectivity index (χ3n) is 4.70. The van der Waals surface area contributed by atoms with Gasteiger partial charge in [-0.2, -0.15) is 0 Å². The summed E-state index contributed by atoms with van der Waals surface area (Å²) < 4.78 is 5.16. The third-order valence-corrected chi connectivity index (χ3v) is 4.70. The van der Waals surface area contributed by atoms with Gasteiger partial charge in [0.2, 0.25) is 0 Å². The number of rotatable bonds is 6. The molecule has 116 valence electrons. The topological polar surface area (TPSA) is 49.8 Å². The predicted molar refractivity (Wildman–Crippen MR) is 82.8 cm³/mol. The molecule has 2 rings (SSSR count). The maximum Gasteiger partial charge on any atom is 0.323 e. The van der Waals surface area contributed by atoms with Crippen LogP contribution in [-0.2, 0) is 11.2 Å². The van der Waals surface area contributed by atoms with Gasteiger partial charge in [0.05, 0.1) is 7.11 Å². The van der Waals surface area contributed by atoms with Gasteiger partial charge in [-0.15, -0.1) is 0 Å². The average molecular weight is 291 g/mol. The molecule has 1 fully saturated rings. The molecular formula is C17H25NO3. The number of methoxy groups -OCH3 is 1. The molecule has 21 heavy (non-hydrogen) atoms. The molecule has 1 N–H and O–H groups in total. The Labute approximate surface area is 126 Å². The van der Waals surface area contributed by atoms with Crippen LogP contribution in [0.25, 0.3) is 0 Å². The van der Waals surface area contributed by atoms with Gasteiger partial charge in [0.1, 0.15) is 11.3 Å². The highest BCUT2D eigenvalue weighted by atomic mass is 16.5. The standard InChI is InChI=1S/C17H25NO3/c1-13(18-12-4-11-17(18,2)16(19)20)5-6-14-7-9-15(21-3)10-8-14/h7-10,13H,4-6,11-12H2,1-3H3,(H,19,20). The molecule has 1 saturated heterocycles. The normalized spacial score (nSPS) is 24.0. The van der Waals surface area contributed by atoms with E-state index in [9.17, 15) is 9.90 Å². The summed E-state index contributed by atoms with van der Waals surface area (Å²) in [6, 6.07) is 8.36. The van der Waals surface area contributed by atoms with Gasteiger partial charge < -0.3 is 9.84 Å². The van der Waals surface area contributed by atoms with Crippen molar-refractivity contribution < 1.29 is 14.6 Å². The van der Waals surface area contributed by atoms with E-state index in [4.69, 9.17) is 4.74 Å². The van der Waals surface area contributed by atoms with E-state index >= 15 is 0 Å². The van der Waals surface area contributed by atoms with E-state index in [1.165, 1.54) is 5.56 Å². The zero-order valence-corrected chi connectivity index (χ0v) is 13.1. The fourth-order valence-corrected chi connectivity index (χ4v) is 3.24. The van der Waals surface area contributed by atoms with E-state index in [1.807, 2.05) is 19.1 Å². The van der Waals surface area contributed by atoms with Crippen LogP contribution in [0, 0.1) is 0 Å². The summed E-state index contributed by atoms with van der Waals surface area (Å²) in [5, 5.41) is 9.48. The van der Waals surface area contributed by atoms with Crippen LogP contribution in [0.5, 0.6) is 5.75 Å². The van der Waals surface area contributed by atoms with E-state index in [0.717, 1.165) is 38.0 Å². The van der Waals surface area contributed by atoms with Crippen molar-refractivity contribution in [1.29, 1.82) is 0 Å². The molecule has 4 nitrogen and oxygen atoms in total. The molecule has 1 aromatic carbocycles. The highest BCUT2D eigenvalue weighted by molar-refractivity contribution is 5.78. The van der Waals surface area contributed by atoms with Gasteiger partial charge >= 0.3 is 5.97 Å². The van der Waals surface area contributed by atoms with Crippen LogP contribution in [0.2, 0.25) is 0 Å². The fourth-order valence-electron chi connectivity index (χ4n) is 3.24. The number of likely N-dealkylation sites (tertiary alicyclic amines) is 1. The molecule has 2 unspecified atom stereocenters. The van der Waals surface area contributed by atoms with E-state index in [1.54, 1.807) is 7.11 Å². The first-order chi connectivity index (χ1) is 9.97. The Bertz CT molecular complexity index is 485. The van der Waals surface area contributed by atoms with Gasteiger partial charge in [0, 0.05) is 6.04 Å². The molecule has 0 spiro atoms. The maximum absolute atomic E-state index is 11.5. The zero-order chi connectivity index (χ0) is 15.5. The minimum atomic E-state index is -0.698. The van der Waals surface area contributed by atoms with Crippen LogP contribution in [0.3, 0.4) is 0 Å². The predicted octanol–water partition coefficient (Wildman–Crippen LogP) is 2.96. The van der Waals surface area contributed by atoms with E-state index in [2.05, 4.69) is 24.0 Å². The van der Waals surface area contributed by atoms with Crippen molar-refractivity contribution in [1.82, 2.24) is 4.90 Å². The Kier molecular flexibility index (Phi) is 4.88. The number of carboxylic acid groups (broad SMARTS) is 1. The zero-order valence-electron chi connectivity index (χ0n) is 13.1. The van der Waals surface area contributed by atoms with Crippen LogP contribution >= 0.6 is 0 Å². The largest absolute Gasteiger partial charge is 0.497 e. The molecule has 0 aliphatic carbocycles. The van der Waals surface area contributed by atoms with E-state index < -0.39 is 11.5 Å². The highest BCUT2D eigenvalue weighted by Crippen LogP contribution is 2.32. The summed E-state index contributed by atoms with van der Waals surface area (Å²) >= 11 is 0. The van der Waals surface area contributed by atoms with Crippen LogP contribution in [0.4, 0.5) is 0 Å². The number of carboxylic acids is 1. The molecule has 1 aliphatic heterocycles. The second kappa shape index (κ2) is 6.48. The number of hydrogen-bond acceptors (Lipinski definition) is 3. The smallest absolute Gasteiger partial charge is 0.323 e. The summed E-state index contributed by atoms with van der Waals surface area (Å²) in [6.45, 7) is 4.87. The molecule has 1 aliphatic rings. The van der Waals surface area contributed by atoms with Crippen molar-refractivity contribution in [3.63, 3.8) is 0 Å². The van der Waals surface area contributed by atoms with Crippen molar-refractivity contribution in [2.75, 3.05) is 13.7 Å². The van der Waals surface area contributed by atoms with Gasteiger partial charge in [-0.05, 0) is 63.8 Å². The lowest BCUT2D eigenvalue weighted by Crippen LogP contribution is -2.51. The van der Waals surface area contributed by atoms with Gasteiger partial charge in [0.15, 0.2) is 0 Å². The summed E-state index contributed by atoms with van der Waals surface area (Å²) in [5.41, 5.74) is 0.568. The van der Waals surface area contributed by atoms with Crippen molar-refractivity contribution in [2.45, 2.75) is 51.1 Å². The Hall–Kier alpha value is -1.55. The van der Waals surface area contributed by atoms with Crippen LogP contribution in [-0.4, -0.2) is 41.2 Å². The molecule has 0 saturated carbocycles. The number of benzene rings is 1. The minimum Gasteiger partial charge on any atom is -0.497 e. The summed E-state index contributed by atoms with van der Waals surface area (Å²) in [6.07, 6.45) is 3.64. The molecule has 0 amide bonds. The Morgan fingerprint density at radius 1 is 1.43 bits per heavy atom. The van der Waals surface area contributed by atoms with Crippen molar-refractivity contribution in [3.05, 3.63) is 29.8 Å². The van der Waals surface area contributed by atoms with Crippen molar-refractivity contribution in [2.24, 2.45) is 0 Å². The van der Waals surface area contributed by atoms with E-state index in [-0.39, 0.29) is 6.04 Å². The highest BCUT2D eigenvalue weighted by Gasteiger charge is 2.44. The molecule has 1 aromatic rings. The lowest BCUT2D eigenvalue weighted by molar-refractivity contribution is -0.149. The molecular weight excluding hydrogens is 266 g/mol. The number of aliphatic carboxylic acids is 1. The van der Waals surface area contributed by atoms with Gasteiger partial charge in [-0.3, -0.25) is 9.69 Å². The number of hydrogen-bond donors (Lipinski definition) is 1. The first-order valence-electron chi connectivity index (χ1n) is 7.60. The molecule has 4 heteroatoms. The molecule has 2 atom stereocenters. The fraction of sp³-hybridized carbons (Fsp3) is 0.588. The SMILES string of the molecule is COc1ccc(CCC(C)N2CCCC2(C)C(=O)O)cc1. The Morgan fingerprint density at radius 3 is 2.67 bits per heavy atom. The second-order valence-corrected chi connectivity index (χ2v) is 6.11. The number of aryl methyl sites for hydroxylation is 1. The summed E-state index contributed by atoms with van der Waals surface area (Å²) in [5.74, 6) is 0.168. The maximum atomic E-state index is 11.5. The first kappa shape index (κ1) is 15.8. The van der Waals surface area contributed by atoms with Crippen LogP contribution in [0.1, 0.15) is 38.7 Å². The Morgan fingerprint density at radius 2 is 2.10 bits per heavy atom. The van der Waals surface area contributed by atoms with Gasteiger partial charge in [-0.1, -0.05) is 12.1 Å². The lowest BCUT2D eigenvalue weighted by Gasteiger charge is -2.36. The van der Waals surface area contributed by atoms with Crippen molar-refractivity contribution >= 4 is 5.97 Å². The molecule has 1 heterocycles. The van der Waals surface area contributed by atoms with Crippen molar-refractivity contribution in [3.8, 4) is 5.75 Å². The summed E-state index contributed by atoms with van der Waals surface area (Å²) in [7, 11) is 1.66. The van der Waals surface area contributed by atoms with Gasteiger partial charge in [-0.25, -0.2) is 0 Å². The molecule has 0 bridgehead atoms. The number of nitrogens with zero attached hydrogens (tertiary/aromatic N) is 1. The average Bonchev–Trinajstić information content (AvgIpc) is 2.89. The first-order valence-corrected chi connectivity index (χ1v) is 7.60.